The highest BCUT2D eigenvalue weighted by Crippen LogP contribution is 2.10. The maximum absolute atomic E-state index is 10.4. The first-order valence-corrected chi connectivity index (χ1v) is 4.45. The van der Waals surface area contributed by atoms with E-state index in [4.69, 9.17) is 10.8 Å². The fraction of sp³-hybridized carbons (Fsp3) is 0.889. The number of nitrogens with two attached hydrogens (primary N) is 1. The lowest BCUT2D eigenvalue weighted by atomic mass is 10.1. The van der Waals surface area contributed by atoms with E-state index in [9.17, 15) is 4.79 Å². The Labute approximate surface area is 79.7 Å². The molecule has 13 heavy (non-hydrogen) atoms. The first-order valence-electron chi connectivity index (χ1n) is 4.45. The lowest BCUT2D eigenvalue weighted by molar-refractivity contribution is -0.138. The first kappa shape index (κ1) is 12.4. The Hall–Kier alpha value is -0.610. The minimum Gasteiger partial charge on any atom is -0.480 e. The zero-order valence-corrected chi connectivity index (χ0v) is 8.87. The van der Waals surface area contributed by atoms with Gasteiger partial charge >= 0.3 is 5.97 Å². The standard InChI is InChI=1S/C9H20N2O2/c1-9(2,3)11(4)6-5-7(10)8(12)13/h7H,5-6,10H2,1-4H3,(H,12,13). The number of hydrogen-bond donors (Lipinski definition) is 2. The molecule has 0 aromatic heterocycles. The van der Waals surface area contributed by atoms with Gasteiger partial charge in [-0.15, -0.1) is 0 Å². The van der Waals surface area contributed by atoms with E-state index >= 15 is 0 Å². The lowest BCUT2D eigenvalue weighted by Crippen LogP contribution is -2.42. The summed E-state index contributed by atoms with van der Waals surface area (Å²) in [5.41, 5.74) is 5.45. The summed E-state index contributed by atoms with van der Waals surface area (Å²) in [6, 6.07) is -0.746. The monoisotopic (exact) mass is 188 g/mol. The Balaban J connectivity index is 3.83. The van der Waals surface area contributed by atoms with E-state index in [-0.39, 0.29) is 5.54 Å². The Morgan fingerprint density at radius 3 is 2.31 bits per heavy atom. The number of carboxylic acid groups (broad SMARTS) is 1. The minimum absolute atomic E-state index is 0.0677. The summed E-state index contributed by atoms with van der Waals surface area (Å²) >= 11 is 0. The van der Waals surface area contributed by atoms with E-state index in [2.05, 4.69) is 25.7 Å². The van der Waals surface area contributed by atoms with Crippen LogP contribution in [0.3, 0.4) is 0 Å². The zero-order chi connectivity index (χ0) is 10.6. The fourth-order valence-electron chi connectivity index (χ4n) is 0.792. The van der Waals surface area contributed by atoms with E-state index in [1.54, 1.807) is 0 Å². The Morgan fingerprint density at radius 1 is 1.54 bits per heavy atom. The molecule has 4 heteroatoms. The van der Waals surface area contributed by atoms with E-state index in [0.717, 1.165) is 0 Å². The molecule has 0 radical (unpaired) electrons. The highest BCUT2D eigenvalue weighted by atomic mass is 16.4. The maximum Gasteiger partial charge on any atom is 0.320 e. The Morgan fingerprint density at radius 2 is 2.00 bits per heavy atom. The molecule has 0 amide bonds. The molecule has 0 aromatic carbocycles. The minimum atomic E-state index is -0.928. The summed E-state index contributed by atoms with van der Waals surface area (Å²) in [6.45, 7) is 6.95. The van der Waals surface area contributed by atoms with Gasteiger partial charge in [0.25, 0.3) is 0 Å². The van der Waals surface area contributed by atoms with Crippen LogP contribution >= 0.6 is 0 Å². The number of nitrogens with zero attached hydrogens (tertiary/aromatic N) is 1. The van der Waals surface area contributed by atoms with Crippen LogP contribution in [0, 0.1) is 0 Å². The molecule has 1 atom stereocenters. The van der Waals surface area contributed by atoms with Gasteiger partial charge in [0.2, 0.25) is 0 Å². The molecule has 0 saturated heterocycles. The van der Waals surface area contributed by atoms with Crippen LogP contribution < -0.4 is 5.73 Å². The molecule has 4 nitrogen and oxygen atoms in total. The van der Waals surface area contributed by atoms with Gasteiger partial charge in [-0.25, -0.2) is 0 Å². The molecule has 0 bridgehead atoms. The predicted octanol–water partition coefficient (Wildman–Crippen LogP) is 0.519. The molecule has 3 N–H and O–H groups in total. The molecule has 0 aliphatic heterocycles. The maximum atomic E-state index is 10.4. The third-order valence-electron chi connectivity index (χ3n) is 2.24. The molecule has 0 aliphatic carbocycles. The topological polar surface area (TPSA) is 66.6 Å². The van der Waals surface area contributed by atoms with Crippen molar-refractivity contribution in [3.8, 4) is 0 Å². The zero-order valence-electron chi connectivity index (χ0n) is 8.87. The number of rotatable bonds is 4. The van der Waals surface area contributed by atoms with Crippen molar-refractivity contribution in [2.75, 3.05) is 13.6 Å². The largest absolute Gasteiger partial charge is 0.480 e. The lowest BCUT2D eigenvalue weighted by Gasteiger charge is -2.32. The molecule has 0 heterocycles. The van der Waals surface area contributed by atoms with Crippen LogP contribution in [0.1, 0.15) is 27.2 Å². The van der Waals surface area contributed by atoms with Gasteiger partial charge in [-0.2, -0.15) is 0 Å². The summed E-state index contributed by atoms with van der Waals surface area (Å²) in [7, 11) is 1.97. The van der Waals surface area contributed by atoms with Crippen LogP contribution in [0.2, 0.25) is 0 Å². The summed E-state index contributed by atoms with van der Waals surface area (Å²) < 4.78 is 0. The van der Waals surface area contributed by atoms with Crippen molar-refractivity contribution < 1.29 is 9.90 Å². The summed E-state index contributed by atoms with van der Waals surface area (Å²) in [5, 5.41) is 8.55. The highest BCUT2D eigenvalue weighted by molar-refractivity contribution is 5.72. The second-order valence-electron chi connectivity index (χ2n) is 4.33. The molecule has 0 fully saturated rings. The summed E-state index contributed by atoms with van der Waals surface area (Å²) in [4.78, 5) is 12.5. The van der Waals surface area contributed by atoms with Gasteiger partial charge in [0.05, 0.1) is 0 Å². The van der Waals surface area contributed by atoms with Gasteiger partial charge in [-0.3, -0.25) is 4.79 Å². The van der Waals surface area contributed by atoms with Crippen LogP contribution in [0.5, 0.6) is 0 Å². The van der Waals surface area contributed by atoms with E-state index in [1.807, 2.05) is 7.05 Å². The second kappa shape index (κ2) is 4.58. The molecule has 0 spiro atoms. The number of aliphatic carboxylic acids is 1. The van der Waals surface area contributed by atoms with E-state index in [0.29, 0.717) is 13.0 Å². The smallest absolute Gasteiger partial charge is 0.320 e. The van der Waals surface area contributed by atoms with Crippen LogP contribution in [0.15, 0.2) is 0 Å². The number of hydrogen-bond acceptors (Lipinski definition) is 3. The van der Waals surface area contributed by atoms with Gasteiger partial charge in [-0.1, -0.05) is 0 Å². The predicted molar refractivity (Wildman–Crippen MR) is 52.6 cm³/mol. The van der Waals surface area contributed by atoms with Crippen LogP contribution in [-0.4, -0.2) is 41.1 Å². The Kier molecular flexibility index (Phi) is 4.36. The normalized spacial score (nSPS) is 14.6. The molecule has 0 saturated carbocycles. The van der Waals surface area contributed by atoms with Gasteiger partial charge in [0.15, 0.2) is 0 Å². The molecule has 0 rings (SSSR count). The SMILES string of the molecule is CN(CCC(N)C(=O)O)C(C)(C)C. The van der Waals surface area contributed by atoms with Gasteiger partial charge in [0, 0.05) is 12.1 Å². The first-order chi connectivity index (χ1) is 5.75. The average molecular weight is 188 g/mol. The fourth-order valence-corrected chi connectivity index (χ4v) is 0.792. The summed E-state index contributed by atoms with van der Waals surface area (Å²) in [6.07, 6.45) is 0.489. The van der Waals surface area contributed by atoms with Crippen molar-refractivity contribution in [3.63, 3.8) is 0 Å². The van der Waals surface area contributed by atoms with Crippen LogP contribution in [-0.2, 0) is 4.79 Å². The molecule has 1 unspecified atom stereocenters. The molecular weight excluding hydrogens is 168 g/mol. The molecule has 78 valence electrons. The van der Waals surface area contributed by atoms with E-state index < -0.39 is 12.0 Å². The molecular formula is C9H20N2O2. The van der Waals surface area contributed by atoms with E-state index in [1.165, 1.54) is 0 Å². The van der Waals surface area contributed by atoms with Crippen molar-refractivity contribution in [2.24, 2.45) is 5.73 Å². The Bertz CT molecular complexity index is 175. The number of carbonyl (C=O) groups is 1. The quantitative estimate of drug-likeness (QED) is 0.675. The van der Waals surface area contributed by atoms with Crippen molar-refractivity contribution in [2.45, 2.75) is 38.8 Å². The number of carboxylic acids is 1. The van der Waals surface area contributed by atoms with Crippen molar-refractivity contribution in [3.05, 3.63) is 0 Å². The van der Waals surface area contributed by atoms with Crippen molar-refractivity contribution in [1.29, 1.82) is 0 Å². The third-order valence-corrected chi connectivity index (χ3v) is 2.24. The third kappa shape index (κ3) is 4.85. The van der Waals surface area contributed by atoms with Crippen molar-refractivity contribution >= 4 is 5.97 Å². The average Bonchev–Trinajstić information content (AvgIpc) is 1.97. The van der Waals surface area contributed by atoms with Crippen LogP contribution in [0.25, 0.3) is 0 Å². The van der Waals surface area contributed by atoms with Crippen molar-refractivity contribution in [1.82, 2.24) is 4.90 Å². The summed E-state index contributed by atoms with van der Waals surface area (Å²) in [5.74, 6) is -0.928. The molecule has 0 aromatic rings. The van der Waals surface area contributed by atoms with Gasteiger partial charge < -0.3 is 15.7 Å². The molecule has 0 aliphatic rings. The van der Waals surface area contributed by atoms with Gasteiger partial charge in [-0.05, 0) is 34.2 Å². The second-order valence-corrected chi connectivity index (χ2v) is 4.33. The highest BCUT2D eigenvalue weighted by Gasteiger charge is 2.19. The van der Waals surface area contributed by atoms with Gasteiger partial charge in [0.1, 0.15) is 6.04 Å². The van der Waals surface area contributed by atoms with Crippen LogP contribution in [0.4, 0.5) is 0 Å².